The highest BCUT2D eigenvalue weighted by atomic mass is 32.2. The molecule has 76 valence electrons. The molecule has 0 aromatic heterocycles. The van der Waals surface area contributed by atoms with Crippen LogP contribution in [-0.2, 0) is 9.84 Å². The summed E-state index contributed by atoms with van der Waals surface area (Å²) in [7, 11) is -3.05. The number of allylic oxidation sites excluding steroid dienone is 1. The summed E-state index contributed by atoms with van der Waals surface area (Å²) in [5.74, 6) is 0.349. The van der Waals surface area contributed by atoms with Crippen molar-refractivity contribution in [3.8, 4) is 0 Å². The Morgan fingerprint density at radius 1 is 1.64 bits per heavy atom. The minimum Gasteiger partial charge on any atom is -0.229 e. The first-order valence-corrected chi connectivity index (χ1v) is 6.81. The minimum atomic E-state index is -3.05. The van der Waals surface area contributed by atoms with E-state index in [2.05, 4.69) is 22.4 Å². The number of nitrogens with zero attached hydrogens (tertiary/aromatic N) is 1. The number of isothiocyanates is 1. The number of rotatable bonds is 2. The van der Waals surface area contributed by atoms with Crippen LogP contribution in [0, 0.1) is 5.92 Å². The molecule has 0 N–H and O–H groups in total. The lowest BCUT2D eigenvalue weighted by molar-refractivity contribution is 0.529. The third-order valence-electron chi connectivity index (χ3n) is 3.09. The highest BCUT2D eigenvalue weighted by molar-refractivity contribution is 7.91. The molecule has 1 fully saturated rings. The second-order valence-electron chi connectivity index (χ2n) is 4.07. The second kappa shape index (κ2) is 2.99. The lowest BCUT2D eigenvalue weighted by Crippen LogP contribution is -2.38. The van der Waals surface area contributed by atoms with Gasteiger partial charge < -0.3 is 0 Å². The van der Waals surface area contributed by atoms with E-state index in [9.17, 15) is 8.42 Å². The van der Waals surface area contributed by atoms with E-state index in [1.165, 1.54) is 6.26 Å². The van der Waals surface area contributed by atoms with Crippen LogP contribution >= 0.6 is 12.2 Å². The zero-order chi connectivity index (χ0) is 10.4. The zero-order valence-corrected chi connectivity index (χ0v) is 9.44. The Labute approximate surface area is 88.8 Å². The van der Waals surface area contributed by atoms with Crippen molar-refractivity contribution < 1.29 is 8.42 Å². The van der Waals surface area contributed by atoms with Crippen LogP contribution in [0.25, 0.3) is 0 Å². The van der Waals surface area contributed by atoms with E-state index in [-0.39, 0.29) is 0 Å². The molecule has 0 saturated heterocycles. The van der Waals surface area contributed by atoms with E-state index in [4.69, 9.17) is 0 Å². The van der Waals surface area contributed by atoms with Crippen LogP contribution in [0.3, 0.4) is 0 Å². The fourth-order valence-corrected chi connectivity index (χ4v) is 4.26. The third-order valence-corrected chi connectivity index (χ3v) is 4.82. The molecule has 14 heavy (non-hydrogen) atoms. The molecule has 1 saturated carbocycles. The molecule has 3 nitrogen and oxygen atoms in total. The van der Waals surface area contributed by atoms with Gasteiger partial charge in [-0.05, 0) is 31.0 Å². The minimum absolute atomic E-state index is 0.349. The standard InChI is InChI=1S/C9H11NO2S2/c1-14(11,12)8-4-7-2-3-9(8,5-7)10-6-13/h2-3,7-8H,4-5H2,1H3. The van der Waals surface area contributed by atoms with Gasteiger partial charge in [-0.25, -0.2) is 13.4 Å². The van der Waals surface area contributed by atoms with Gasteiger partial charge in [0.25, 0.3) is 0 Å². The normalized spacial score (nSPS) is 39.8. The summed E-state index contributed by atoms with van der Waals surface area (Å²) in [4.78, 5) is 4.06. The van der Waals surface area contributed by atoms with Gasteiger partial charge in [-0.2, -0.15) is 0 Å². The SMILES string of the molecule is CS(=O)(=O)C1CC2C=CC1(N=C=S)C2. The molecular weight excluding hydrogens is 218 g/mol. The Bertz CT molecular complexity index is 434. The third kappa shape index (κ3) is 1.36. The number of thiocarbonyl (C=S) groups is 1. The smallest absolute Gasteiger partial charge is 0.153 e. The lowest BCUT2D eigenvalue weighted by Gasteiger charge is -2.25. The molecule has 0 spiro atoms. The molecule has 2 bridgehead atoms. The number of sulfone groups is 1. The molecule has 0 aliphatic heterocycles. The first-order valence-electron chi connectivity index (χ1n) is 4.45. The van der Waals surface area contributed by atoms with Crippen molar-refractivity contribution in [2.75, 3.05) is 6.26 Å². The number of hydrogen-bond acceptors (Lipinski definition) is 4. The summed E-state index contributed by atoms with van der Waals surface area (Å²) in [5.41, 5.74) is -0.597. The van der Waals surface area contributed by atoms with Crippen LogP contribution in [0.1, 0.15) is 12.8 Å². The van der Waals surface area contributed by atoms with Gasteiger partial charge in [0, 0.05) is 6.26 Å². The van der Waals surface area contributed by atoms with Crippen LogP contribution in [-0.4, -0.2) is 30.6 Å². The molecule has 2 aliphatic carbocycles. The van der Waals surface area contributed by atoms with Gasteiger partial charge in [-0.15, -0.1) is 0 Å². The summed E-state index contributed by atoms with van der Waals surface area (Å²) >= 11 is 4.58. The average Bonchev–Trinajstić information content (AvgIpc) is 2.59. The molecule has 3 unspecified atom stereocenters. The quantitative estimate of drug-likeness (QED) is 0.406. The second-order valence-corrected chi connectivity index (χ2v) is 6.48. The number of fused-ring (bicyclic) bond motifs is 2. The Morgan fingerprint density at radius 2 is 2.36 bits per heavy atom. The highest BCUT2D eigenvalue weighted by Crippen LogP contribution is 2.47. The first-order chi connectivity index (χ1) is 6.48. The Hall–Kier alpha value is -0.510. The van der Waals surface area contributed by atoms with E-state index in [1.54, 1.807) is 0 Å². The van der Waals surface area contributed by atoms with Crippen LogP contribution in [0.4, 0.5) is 0 Å². The summed E-state index contributed by atoms with van der Waals surface area (Å²) < 4.78 is 23.1. The first kappa shape index (κ1) is 10.0. The summed E-state index contributed by atoms with van der Waals surface area (Å²) in [6, 6.07) is 0. The van der Waals surface area contributed by atoms with Crippen molar-refractivity contribution in [2.45, 2.75) is 23.6 Å². The van der Waals surface area contributed by atoms with Crippen LogP contribution in [0.15, 0.2) is 17.1 Å². The molecule has 0 heterocycles. The van der Waals surface area contributed by atoms with Gasteiger partial charge in [0.05, 0.1) is 10.4 Å². The zero-order valence-electron chi connectivity index (χ0n) is 7.80. The van der Waals surface area contributed by atoms with E-state index >= 15 is 0 Å². The molecular formula is C9H11NO2S2. The van der Waals surface area contributed by atoms with Gasteiger partial charge in [0.15, 0.2) is 9.84 Å². The molecule has 2 rings (SSSR count). The monoisotopic (exact) mass is 229 g/mol. The van der Waals surface area contributed by atoms with Gasteiger partial charge in [0.1, 0.15) is 5.54 Å². The fourth-order valence-electron chi connectivity index (χ4n) is 2.52. The van der Waals surface area contributed by atoms with Crippen molar-refractivity contribution >= 4 is 27.2 Å². The highest BCUT2D eigenvalue weighted by Gasteiger charge is 2.53. The molecule has 2 aliphatic rings. The Balaban J connectivity index is 2.48. The van der Waals surface area contributed by atoms with Crippen LogP contribution in [0.5, 0.6) is 0 Å². The maximum atomic E-state index is 11.5. The summed E-state index contributed by atoms with van der Waals surface area (Å²) in [6.45, 7) is 0. The molecule has 0 amide bonds. The summed E-state index contributed by atoms with van der Waals surface area (Å²) in [6.07, 6.45) is 6.64. The van der Waals surface area contributed by atoms with Crippen molar-refractivity contribution in [3.05, 3.63) is 12.2 Å². The van der Waals surface area contributed by atoms with E-state index in [0.717, 1.165) is 6.42 Å². The van der Waals surface area contributed by atoms with Crippen molar-refractivity contribution in [2.24, 2.45) is 10.9 Å². The topological polar surface area (TPSA) is 46.5 Å². The van der Waals surface area contributed by atoms with Crippen LogP contribution in [0.2, 0.25) is 0 Å². The molecule has 3 atom stereocenters. The molecule has 5 heteroatoms. The predicted molar refractivity (Wildman–Crippen MR) is 58.3 cm³/mol. The fraction of sp³-hybridized carbons (Fsp3) is 0.667. The predicted octanol–water partition coefficient (Wildman–Crippen LogP) is 1.22. The van der Waals surface area contributed by atoms with Gasteiger partial charge >= 0.3 is 0 Å². The van der Waals surface area contributed by atoms with Gasteiger partial charge in [0.2, 0.25) is 0 Å². The van der Waals surface area contributed by atoms with Crippen molar-refractivity contribution in [1.29, 1.82) is 0 Å². The number of aliphatic imine (C=N–C) groups is 1. The van der Waals surface area contributed by atoms with Crippen LogP contribution < -0.4 is 0 Å². The largest absolute Gasteiger partial charge is 0.229 e. The van der Waals surface area contributed by atoms with Crippen molar-refractivity contribution in [1.82, 2.24) is 0 Å². The van der Waals surface area contributed by atoms with Gasteiger partial charge in [-0.1, -0.05) is 12.2 Å². The lowest BCUT2D eigenvalue weighted by atomic mass is 10.00. The Kier molecular flexibility index (Phi) is 2.14. The van der Waals surface area contributed by atoms with Gasteiger partial charge in [-0.3, -0.25) is 0 Å². The molecule has 0 aromatic rings. The maximum absolute atomic E-state index is 11.5. The maximum Gasteiger partial charge on any atom is 0.153 e. The van der Waals surface area contributed by atoms with Crippen molar-refractivity contribution in [3.63, 3.8) is 0 Å². The molecule has 0 aromatic carbocycles. The van der Waals surface area contributed by atoms with E-state index in [1.807, 2.05) is 12.2 Å². The Morgan fingerprint density at radius 3 is 2.86 bits per heavy atom. The molecule has 0 radical (unpaired) electrons. The average molecular weight is 229 g/mol. The van der Waals surface area contributed by atoms with E-state index < -0.39 is 20.6 Å². The summed E-state index contributed by atoms with van der Waals surface area (Å²) in [5, 5.41) is 1.92. The number of hydrogen-bond donors (Lipinski definition) is 0. The van der Waals surface area contributed by atoms with E-state index in [0.29, 0.717) is 12.3 Å².